The zero-order chi connectivity index (χ0) is 14.9. The summed E-state index contributed by atoms with van der Waals surface area (Å²) >= 11 is 0. The van der Waals surface area contributed by atoms with Crippen molar-refractivity contribution in [2.75, 3.05) is 6.54 Å². The summed E-state index contributed by atoms with van der Waals surface area (Å²) < 4.78 is 26.7. The van der Waals surface area contributed by atoms with Gasteiger partial charge < -0.3 is 5.11 Å². The van der Waals surface area contributed by atoms with E-state index < -0.39 is 16.0 Å². The van der Waals surface area contributed by atoms with Crippen LogP contribution in [-0.4, -0.2) is 36.4 Å². The summed E-state index contributed by atoms with van der Waals surface area (Å²) in [4.78, 5) is 11.2. The lowest BCUT2D eigenvalue weighted by atomic mass is 10.1. The Hall–Kier alpha value is -1.40. The smallest absolute Gasteiger partial charge is 0.335 e. The monoisotopic (exact) mass is 297 g/mol. The van der Waals surface area contributed by atoms with Gasteiger partial charge in [0.1, 0.15) is 0 Å². The van der Waals surface area contributed by atoms with Crippen molar-refractivity contribution in [1.29, 1.82) is 0 Å². The molecule has 0 aliphatic carbocycles. The first-order valence-corrected chi connectivity index (χ1v) is 8.17. The molecule has 1 unspecified atom stereocenters. The number of carbonyl (C=O) groups is 1. The van der Waals surface area contributed by atoms with Crippen molar-refractivity contribution in [3.05, 3.63) is 29.3 Å². The molecular weight excluding hydrogens is 278 g/mol. The maximum Gasteiger partial charge on any atom is 0.335 e. The summed E-state index contributed by atoms with van der Waals surface area (Å²) in [5.74, 6) is -1.10. The van der Waals surface area contributed by atoms with E-state index in [0.29, 0.717) is 12.1 Å². The lowest BCUT2D eigenvalue weighted by molar-refractivity contribution is 0.0696. The van der Waals surface area contributed by atoms with Crippen LogP contribution in [0.5, 0.6) is 0 Å². The van der Waals surface area contributed by atoms with Gasteiger partial charge in [0, 0.05) is 12.6 Å². The number of sulfonamides is 1. The van der Waals surface area contributed by atoms with Gasteiger partial charge in [0.05, 0.1) is 10.5 Å². The van der Waals surface area contributed by atoms with Gasteiger partial charge in [-0.25, -0.2) is 13.2 Å². The average molecular weight is 297 g/mol. The number of carboxylic acid groups (broad SMARTS) is 1. The summed E-state index contributed by atoms with van der Waals surface area (Å²) in [7, 11) is -3.60. The van der Waals surface area contributed by atoms with Gasteiger partial charge in [-0.1, -0.05) is 13.0 Å². The summed E-state index contributed by atoms with van der Waals surface area (Å²) in [5.41, 5.74) is 0.600. The van der Waals surface area contributed by atoms with Gasteiger partial charge in [0.25, 0.3) is 0 Å². The molecule has 0 spiro atoms. The van der Waals surface area contributed by atoms with E-state index in [1.807, 2.05) is 6.92 Å². The number of hydrogen-bond acceptors (Lipinski definition) is 3. The van der Waals surface area contributed by atoms with Crippen LogP contribution in [0, 0.1) is 6.92 Å². The van der Waals surface area contributed by atoms with Crippen LogP contribution in [0.25, 0.3) is 0 Å². The molecule has 1 aromatic carbocycles. The number of benzene rings is 1. The number of aryl methyl sites for hydroxylation is 1. The van der Waals surface area contributed by atoms with Crippen molar-refractivity contribution in [1.82, 2.24) is 4.31 Å². The SMILES string of the molecule is CCC1CCCN1S(=O)(=O)c1ccc(C)c(C(=O)O)c1. The van der Waals surface area contributed by atoms with Gasteiger partial charge >= 0.3 is 5.97 Å². The molecule has 2 rings (SSSR count). The van der Waals surface area contributed by atoms with E-state index in [9.17, 15) is 13.2 Å². The molecule has 0 saturated carbocycles. The Morgan fingerprint density at radius 2 is 2.15 bits per heavy atom. The van der Waals surface area contributed by atoms with Crippen molar-refractivity contribution >= 4 is 16.0 Å². The Kier molecular flexibility index (Phi) is 4.15. The molecule has 1 N–H and O–H groups in total. The molecule has 1 aromatic rings. The minimum atomic E-state index is -3.60. The second-order valence-corrected chi connectivity index (χ2v) is 6.99. The van der Waals surface area contributed by atoms with Crippen LogP contribution < -0.4 is 0 Å². The Balaban J connectivity index is 2.44. The first-order chi connectivity index (χ1) is 9.37. The predicted octanol–water partition coefficient (Wildman–Crippen LogP) is 2.26. The molecule has 1 aliphatic heterocycles. The molecule has 6 heteroatoms. The molecule has 1 saturated heterocycles. The van der Waals surface area contributed by atoms with Gasteiger partial charge in [-0.05, 0) is 43.9 Å². The fourth-order valence-electron chi connectivity index (χ4n) is 2.66. The highest BCUT2D eigenvalue weighted by Crippen LogP contribution is 2.28. The summed E-state index contributed by atoms with van der Waals surface area (Å²) in [5, 5.41) is 9.11. The van der Waals surface area contributed by atoms with Crippen molar-refractivity contribution in [2.24, 2.45) is 0 Å². The van der Waals surface area contributed by atoms with Gasteiger partial charge in [-0.2, -0.15) is 4.31 Å². The van der Waals surface area contributed by atoms with Crippen LogP contribution in [0.3, 0.4) is 0 Å². The Morgan fingerprint density at radius 3 is 2.75 bits per heavy atom. The third kappa shape index (κ3) is 2.58. The van der Waals surface area contributed by atoms with Crippen molar-refractivity contribution < 1.29 is 18.3 Å². The quantitative estimate of drug-likeness (QED) is 0.925. The highest BCUT2D eigenvalue weighted by Gasteiger charge is 2.34. The van der Waals surface area contributed by atoms with Gasteiger partial charge in [-0.3, -0.25) is 0 Å². The largest absolute Gasteiger partial charge is 0.478 e. The highest BCUT2D eigenvalue weighted by atomic mass is 32.2. The molecule has 110 valence electrons. The van der Waals surface area contributed by atoms with Crippen molar-refractivity contribution in [3.8, 4) is 0 Å². The zero-order valence-corrected chi connectivity index (χ0v) is 12.5. The van der Waals surface area contributed by atoms with Crippen LogP contribution in [-0.2, 0) is 10.0 Å². The first-order valence-electron chi connectivity index (χ1n) is 6.73. The molecule has 0 radical (unpaired) electrons. The average Bonchev–Trinajstić information content (AvgIpc) is 2.87. The van der Waals surface area contributed by atoms with Crippen LogP contribution in [0.1, 0.15) is 42.1 Å². The van der Waals surface area contributed by atoms with E-state index in [2.05, 4.69) is 0 Å². The molecule has 1 aliphatic rings. The topological polar surface area (TPSA) is 74.7 Å². The van der Waals surface area contributed by atoms with Gasteiger partial charge in [-0.15, -0.1) is 0 Å². The minimum absolute atomic E-state index is 0.0228. The van der Waals surface area contributed by atoms with E-state index in [4.69, 9.17) is 5.11 Å². The molecular formula is C14H19NO4S. The number of nitrogens with zero attached hydrogens (tertiary/aromatic N) is 1. The van der Waals surface area contributed by atoms with E-state index in [1.165, 1.54) is 16.4 Å². The van der Waals surface area contributed by atoms with E-state index in [1.54, 1.807) is 13.0 Å². The second-order valence-electron chi connectivity index (χ2n) is 5.10. The predicted molar refractivity (Wildman–Crippen MR) is 75.3 cm³/mol. The molecule has 0 bridgehead atoms. The van der Waals surface area contributed by atoms with Gasteiger partial charge in [0.2, 0.25) is 10.0 Å². The second kappa shape index (κ2) is 5.54. The molecule has 0 aromatic heterocycles. The van der Waals surface area contributed by atoms with Crippen LogP contribution in [0.2, 0.25) is 0 Å². The van der Waals surface area contributed by atoms with E-state index >= 15 is 0 Å². The molecule has 0 amide bonds. The number of aromatic carboxylic acids is 1. The maximum atomic E-state index is 12.6. The standard InChI is InChI=1S/C14H19NO4S/c1-3-11-5-4-8-15(11)20(18,19)12-7-6-10(2)13(9-12)14(16)17/h6-7,9,11H,3-5,8H2,1-2H3,(H,16,17). The third-order valence-corrected chi connectivity index (χ3v) is 5.79. The normalized spacial score (nSPS) is 20.2. The Morgan fingerprint density at radius 1 is 1.45 bits per heavy atom. The fraction of sp³-hybridized carbons (Fsp3) is 0.500. The molecule has 1 atom stereocenters. The zero-order valence-electron chi connectivity index (χ0n) is 11.7. The summed E-state index contributed by atoms with van der Waals surface area (Å²) in [6.07, 6.45) is 2.50. The molecule has 1 heterocycles. The molecule has 5 nitrogen and oxygen atoms in total. The van der Waals surface area contributed by atoms with E-state index in [-0.39, 0.29) is 16.5 Å². The summed E-state index contributed by atoms with van der Waals surface area (Å²) in [6, 6.07) is 4.32. The fourth-order valence-corrected chi connectivity index (χ4v) is 4.45. The molecule has 20 heavy (non-hydrogen) atoms. The van der Waals surface area contributed by atoms with Crippen LogP contribution in [0.15, 0.2) is 23.1 Å². The van der Waals surface area contributed by atoms with E-state index in [0.717, 1.165) is 19.3 Å². The number of rotatable bonds is 4. The van der Waals surface area contributed by atoms with Crippen molar-refractivity contribution in [2.45, 2.75) is 44.0 Å². The Bertz CT molecular complexity index is 624. The lowest BCUT2D eigenvalue weighted by Gasteiger charge is -2.23. The first kappa shape index (κ1) is 15.0. The maximum absolute atomic E-state index is 12.6. The van der Waals surface area contributed by atoms with Crippen LogP contribution in [0.4, 0.5) is 0 Å². The molecule has 1 fully saturated rings. The number of hydrogen-bond donors (Lipinski definition) is 1. The minimum Gasteiger partial charge on any atom is -0.478 e. The lowest BCUT2D eigenvalue weighted by Crippen LogP contribution is -2.35. The van der Waals surface area contributed by atoms with Gasteiger partial charge in [0.15, 0.2) is 0 Å². The Labute approximate surface area is 119 Å². The number of carboxylic acids is 1. The highest BCUT2D eigenvalue weighted by molar-refractivity contribution is 7.89. The summed E-state index contributed by atoms with van der Waals surface area (Å²) in [6.45, 7) is 4.14. The third-order valence-electron chi connectivity index (χ3n) is 3.84. The van der Waals surface area contributed by atoms with Crippen molar-refractivity contribution in [3.63, 3.8) is 0 Å². The van der Waals surface area contributed by atoms with Crippen LogP contribution >= 0.6 is 0 Å².